The van der Waals surface area contributed by atoms with E-state index < -0.39 is 11.8 Å². The Balaban J connectivity index is 2.69. The summed E-state index contributed by atoms with van der Waals surface area (Å²) < 4.78 is 18.2. The summed E-state index contributed by atoms with van der Waals surface area (Å²) in [6.07, 6.45) is 0. The minimum absolute atomic E-state index is 0.0587. The van der Waals surface area contributed by atoms with Gasteiger partial charge in [-0.1, -0.05) is 6.07 Å². The van der Waals surface area contributed by atoms with Gasteiger partial charge in [-0.25, -0.2) is 9.18 Å². The molecule has 0 heterocycles. The van der Waals surface area contributed by atoms with Crippen molar-refractivity contribution in [3.63, 3.8) is 0 Å². The number of rotatable bonds is 5. The molecule has 1 rings (SSSR count). The van der Waals surface area contributed by atoms with Gasteiger partial charge < -0.3 is 15.0 Å². The Bertz CT molecular complexity index is 503. The smallest absolute Gasteiger partial charge is 0.340 e. The minimum atomic E-state index is -0.710. The van der Waals surface area contributed by atoms with Crippen LogP contribution in [0.15, 0.2) is 18.2 Å². The third-order valence-corrected chi connectivity index (χ3v) is 2.86. The first-order valence-corrected chi connectivity index (χ1v) is 6.18. The average molecular weight is 282 g/mol. The molecule has 0 aliphatic carbocycles. The highest BCUT2D eigenvalue weighted by molar-refractivity contribution is 5.89. The van der Waals surface area contributed by atoms with Crippen molar-refractivity contribution >= 4 is 11.9 Å². The molecule has 5 nitrogen and oxygen atoms in total. The summed E-state index contributed by atoms with van der Waals surface area (Å²) in [6, 6.07) is 3.88. The van der Waals surface area contributed by atoms with E-state index in [2.05, 4.69) is 10.1 Å². The van der Waals surface area contributed by atoms with Crippen LogP contribution in [0.1, 0.15) is 22.8 Å². The molecular weight excluding hydrogens is 263 g/mol. The predicted octanol–water partition coefficient (Wildman–Crippen LogP) is 1.18. The molecule has 0 saturated carbocycles. The standard InChI is InChI=1S/C14H19FN2O3/c1-9(13(18)17(2)3)16-8-10-5-6-11(12(15)7-10)14(19)20-4/h5-7,9,16H,8H2,1-4H3. The molecule has 1 aromatic carbocycles. The highest BCUT2D eigenvalue weighted by atomic mass is 19.1. The van der Waals surface area contributed by atoms with Crippen molar-refractivity contribution in [3.05, 3.63) is 35.1 Å². The van der Waals surface area contributed by atoms with Gasteiger partial charge in [-0.2, -0.15) is 0 Å². The number of methoxy groups -OCH3 is 1. The number of amides is 1. The van der Waals surface area contributed by atoms with Crippen LogP contribution in [0.2, 0.25) is 0 Å². The van der Waals surface area contributed by atoms with Gasteiger partial charge in [0.25, 0.3) is 0 Å². The van der Waals surface area contributed by atoms with Crippen LogP contribution in [0.3, 0.4) is 0 Å². The van der Waals surface area contributed by atoms with E-state index in [0.717, 1.165) is 0 Å². The van der Waals surface area contributed by atoms with Gasteiger partial charge in [0, 0.05) is 20.6 Å². The van der Waals surface area contributed by atoms with Crippen LogP contribution in [0.25, 0.3) is 0 Å². The number of halogens is 1. The molecule has 1 unspecified atom stereocenters. The molecule has 1 aromatic rings. The highest BCUT2D eigenvalue weighted by Crippen LogP contribution is 2.11. The van der Waals surface area contributed by atoms with Crippen molar-refractivity contribution in [3.8, 4) is 0 Å². The Morgan fingerprint density at radius 3 is 2.55 bits per heavy atom. The zero-order valence-electron chi connectivity index (χ0n) is 12.1. The van der Waals surface area contributed by atoms with E-state index in [1.807, 2.05) is 0 Å². The second-order valence-electron chi connectivity index (χ2n) is 4.64. The molecule has 1 atom stereocenters. The molecule has 0 saturated heterocycles. The Kier molecular flexibility index (Phi) is 5.64. The van der Waals surface area contributed by atoms with Gasteiger partial charge in [0.05, 0.1) is 18.7 Å². The van der Waals surface area contributed by atoms with Gasteiger partial charge in [0.1, 0.15) is 5.82 Å². The first-order chi connectivity index (χ1) is 9.36. The largest absolute Gasteiger partial charge is 0.465 e. The summed E-state index contributed by atoms with van der Waals surface area (Å²) in [5, 5.41) is 3.00. The van der Waals surface area contributed by atoms with Crippen molar-refractivity contribution in [2.24, 2.45) is 0 Å². The molecule has 110 valence electrons. The van der Waals surface area contributed by atoms with Crippen LogP contribution in [0.4, 0.5) is 4.39 Å². The maximum atomic E-state index is 13.7. The first-order valence-electron chi connectivity index (χ1n) is 6.18. The molecule has 0 fully saturated rings. The van der Waals surface area contributed by atoms with Crippen LogP contribution < -0.4 is 5.32 Å². The lowest BCUT2D eigenvalue weighted by atomic mass is 10.1. The number of esters is 1. The van der Waals surface area contributed by atoms with Gasteiger partial charge in [-0.3, -0.25) is 4.79 Å². The summed E-state index contributed by atoms with van der Waals surface area (Å²) in [5.74, 6) is -1.41. The van der Waals surface area contributed by atoms with E-state index in [0.29, 0.717) is 12.1 Å². The average Bonchev–Trinajstić information content (AvgIpc) is 2.43. The number of nitrogens with one attached hydrogen (secondary N) is 1. The quantitative estimate of drug-likeness (QED) is 0.824. The van der Waals surface area contributed by atoms with E-state index in [-0.39, 0.29) is 17.5 Å². The van der Waals surface area contributed by atoms with Gasteiger partial charge >= 0.3 is 5.97 Å². The van der Waals surface area contributed by atoms with Crippen molar-refractivity contribution in [2.45, 2.75) is 19.5 Å². The second kappa shape index (κ2) is 7.00. The SMILES string of the molecule is COC(=O)c1ccc(CNC(C)C(=O)N(C)C)cc1F. The summed E-state index contributed by atoms with van der Waals surface area (Å²) >= 11 is 0. The molecule has 6 heteroatoms. The molecule has 1 N–H and O–H groups in total. The number of hydrogen-bond acceptors (Lipinski definition) is 4. The third-order valence-electron chi connectivity index (χ3n) is 2.86. The fourth-order valence-electron chi connectivity index (χ4n) is 1.69. The normalized spacial score (nSPS) is 11.8. The Labute approximate surface area is 117 Å². The maximum Gasteiger partial charge on any atom is 0.340 e. The number of carbonyl (C=O) groups excluding carboxylic acids is 2. The lowest BCUT2D eigenvalue weighted by Gasteiger charge is -2.18. The molecule has 0 radical (unpaired) electrons. The Morgan fingerprint density at radius 2 is 2.05 bits per heavy atom. The number of hydrogen-bond donors (Lipinski definition) is 1. The number of benzene rings is 1. The number of nitrogens with zero attached hydrogens (tertiary/aromatic N) is 1. The lowest BCUT2D eigenvalue weighted by molar-refractivity contribution is -0.130. The van der Waals surface area contributed by atoms with Crippen molar-refractivity contribution in [1.29, 1.82) is 0 Å². The van der Waals surface area contributed by atoms with Gasteiger partial charge in [0.15, 0.2) is 0 Å². The molecule has 0 aliphatic rings. The van der Waals surface area contributed by atoms with Gasteiger partial charge in [0.2, 0.25) is 5.91 Å². The molecule has 0 aromatic heterocycles. The molecule has 0 bridgehead atoms. The zero-order valence-corrected chi connectivity index (χ0v) is 12.1. The number of ether oxygens (including phenoxy) is 1. The van der Waals surface area contributed by atoms with E-state index >= 15 is 0 Å². The molecule has 0 aliphatic heterocycles. The van der Waals surface area contributed by atoms with Gasteiger partial charge in [-0.05, 0) is 24.6 Å². The minimum Gasteiger partial charge on any atom is -0.465 e. The Hall–Kier alpha value is -1.95. The van der Waals surface area contributed by atoms with E-state index in [9.17, 15) is 14.0 Å². The van der Waals surface area contributed by atoms with Crippen molar-refractivity contribution in [2.75, 3.05) is 21.2 Å². The van der Waals surface area contributed by atoms with Crippen LogP contribution >= 0.6 is 0 Å². The fraction of sp³-hybridized carbons (Fsp3) is 0.429. The van der Waals surface area contributed by atoms with Crippen LogP contribution in [0, 0.1) is 5.82 Å². The van der Waals surface area contributed by atoms with Crippen molar-refractivity contribution in [1.82, 2.24) is 10.2 Å². The highest BCUT2D eigenvalue weighted by Gasteiger charge is 2.15. The Morgan fingerprint density at radius 1 is 1.40 bits per heavy atom. The molecule has 1 amide bonds. The number of carbonyl (C=O) groups is 2. The molecule has 0 spiro atoms. The summed E-state index contributed by atoms with van der Waals surface area (Å²) in [7, 11) is 4.54. The van der Waals surface area contributed by atoms with Crippen LogP contribution in [-0.2, 0) is 16.1 Å². The topological polar surface area (TPSA) is 58.6 Å². The number of likely N-dealkylation sites (N-methyl/N-ethyl adjacent to an activating group) is 1. The zero-order chi connectivity index (χ0) is 15.3. The summed E-state index contributed by atoms with van der Waals surface area (Å²) in [6.45, 7) is 2.07. The van der Waals surface area contributed by atoms with E-state index in [4.69, 9.17) is 0 Å². The van der Waals surface area contributed by atoms with E-state index in [1.54, 1.807) is 27.1 Å². The molecule has 20 heavy (non-hydrogen) atoms. The van der Waals surface area contributed by atoms with Crippen LogP contribution in [0.5, 0.6) is 0 Å². The maximum absolute atomic E-state index is 13.7. The predicted molar refractivity (Wildman–Crippen MR) is 72.7 cm³/mol. The fourth-order valence-corrected chi connectivity index (χ4v) is 1.69. The second-order valence-corrected chi connectivity index (χ2v) is 4.64. The summed E-state index contributed by atoms with van der Waals surface area (Å²) in [4.78, 5) is 24.4. The monoisotopic (exact) mass is 282 g/mol. The lowest BCUT2D eigenvalue weighted by Crippen LogP contribution is -2.41. The van der Waals surface area contributed by atoms with Crippen molar-refractivity contribution < 1.29 is 18.7 Å². The first kappa shape index (κ1) is 16.1. The molecular formula is C14H19FN2O3. The van der Waals surface area contributed by atoms with Crippen LogP contribution in [-0.4, -0.2) is 44.0 Å². The van der Waals surface area contributed by atoms with Gasteiger partial charge in [-0.15, -0.1) is 0 Å². The third kappa shape index (κ3) is 4.03. The summed E-state index contributed by atoms with van der Waals surface area (Å²) in [5.41, 5.74) is 0.544. The van der Waals surface area contributed by atoms with E-state index in [1.165, 1.54) is 24.1 Å².